The number of carboxylic acid groups (broad SMARTS) is 1. The number of aromatic hydroxyl groups is 1. The number of amides is 4. The lowest BCUT2D eigenvalue weighted by molar-refractivity contribution is -0.143. The first-order valence-electron chi connectivity index (χ1n) is 15.5. The SMILES string of the molecule is O=C(O)[C@H]1CCCCN1C=C=C=NC(=O)[C@@H](Cc1cc(Br)c(O)c(Br)c1)OC(=O)N1CCC(N2CCc3ccccc3NC2=O)CC1. The molecule has 248 valence electrons. The highest BCUT2D eigenvalue weighted by atomic mass is 79.9. The number of nitrogens with one attached hydrogen (secondary N) is 1. The second kappa shape index (κ2) is 15.7. The third kappa shape index (κ3) is 8.64. The van der Waals surface area contributed by atoms with Crippen LogP contribution in [0.1, 0.15) is 43.2 Å². The monoisotopic (exact) mass is 771 g/mol. The number of anilines is 1. The molecule has 5 rings (SSSR count). The number of hydrogen-bond acceptors (Lipinski definition) is 7. The van der Waals surface area contributed by atoms with Crippen LogP contribution in [0.3, 0.4) is 0 Å². The maximum Gasteiger partial charge on any atom is 0.410 e. The van der Waals surface area contributed by atoms with Crippen LogP contribution in [0.25, 0.3) is 0 Å². The van der Waals surface area contributed by atoms with Gasteiger partial charge in [0.2, 0.25) is 0 Å². The van der Waals surface area contributed by atoms with E-state index in [4.69, 9.17) is 4.74 Å². The van der Waals surface area contributed by atoms with Crippen molar-refractivity contribution in [2.45, 2.75) is 63.1 Å². The Bertz CT molecular complexity index is 1610. The van der Waals surface area contributed by atoms with Crippen molar-refractivity contribution in [2.24, 2.45) is 4.99 Å². The number of likely N-dealkylation sites (tertiary alicyclic amines) is 2. The summed E-state index contributed by atoms with van der Waals surface area (Å²) in [5.41, 5.74) is 5.13. The Balaban J connectivity index is 1.25. The second-order valence-corrected chi connectivity index (χ2v) is 13.4. The largest absolute Gasteiger partial charge is 0.506 e. The van der Waals surface area contributed by atoms with Gasteiger partial charge in [-0.2, -0.15) is 4.99 Å². The van der Waals surface area contributed by atoms with Crippen molar-refractivity contribution in [3.8, 4) is 5.75 Å². The molecule has 12 nitrogen and oxygen atoms in total. The molecular formula is C33H35Br2N5O7. The van der Waals surface area contributed by atoms with E-state index in [1.54, 1.807) is 17.0 Å². The number of rotatable bonds is 7. The number of aliphatic carboxylic acids is 1. The van der Waals surface area contributed by atoms with Crippen molar-refractivity contribution in [1.82, 2.24) is 14.7 Å². The number of phenols is 1. The summed E-state index contributed by atoms with van der Waals surface area (Å²) in [6.07, 6.45) is 3.39. The first kappa shape index (κ1) is 34.3. The Morgan fingerprint density at radius 3 is 2.51 bits per heavy atom. The van der Waals surface area contributed by atoms with Gasteiger partial charge in [-0.1, -0.05) is 18.2 Å². The van der Waals surface area contributed by atoms with Crippen molar-refractivity contribution in [2.75, 3.05) is 31.5 Å². The summed E-state index contributed by atoms with van der Waals surface area (Å²) in [7, 11) is 0. The van der Waals surface area contributed by atoms with Crippen LogP contribution >= 0.6 is 31.9 Å². The van der Waals surface area contributed by atoms with E-state index in [9.17, 15) is 29.4 Å². The molecule has 0 saturated carbocycles. The van der Waals surface area contributed by atoms with E-state index in [0.717, 1.165) is 30.5 Å². The first-order chi connectivity index (χ1) is 22.6. The topological polar surface area (TPSA) is 152 Å². The summed E-state index contributed by atoms with van der Waals surface area (Å²) in [4.78, 5) is 59.9. The molecule has 3 aliphatic heterocycles. The summed E-state index contributed by atoms with van der Waals surface area (Å²) in [6.45, 7) is 1.78. The molecule has 2 saturated heterocycles. The third-order valence-electron chi connectivity index (χ3n) is 8.61. The van der Waals surface area contributed by atoms with Crippen molar-refractivity contribution >= 4 is 67.4 Å². The third-order valence-corrected chi connectivity index (χ3v) is 9.82. The quantitative estimate of drug-likeness (QED) is 0.253. The van der Waals surface area contributed by atoms with Crippen LogP contribution in [-0.4, -0.2) is 99.2 Å². The fourth-order valence-corrected chi connectivity index (χ4v) is 7.35. The zero-order chi connectivity index (χ0) is 33.5. The summed E-state index contributed by atoms with van der Waals surface area (Å²) in [6, 6.07) is 10.1. The number of benzene rings is 2. The summed E-state index contributed by atoms with van der Waals surface area (Å²) >= 11 is 6.58. The molecule has 2 aromatic rings. The molecule has 4 amide bonds. The Hall–Kier alpha value is -4.09. The van der Waals surface area contributed by atoms with Crippen LogP contribution in [0.4, 0.5) is 15.3 Å². The predicted octanol–water partition coefficient (Wildman–Crippen LogP) is 5.32. The number of carbonyl (C=O) groups is 4. The van der Waals surface area contributed by atoms with Crippen LogP contribution in [-0.2, 0) is 27.2 Å². The minimum absolute atomic E-state index is 0.0121. The van der Waals surface area contributed by atoms with Gasteiger partial charge in [-0.15, -0.1) is 0 Å². The first-order valence-corrected chi connectivity index (χ1v) is 17.0. The van der Waals surface area contributed by atoms with Crippen molar-refractivity contribution in [3.63, 3.8) is 0 Å². The average molecular weight is 773 g/mol. The number of nitrogens with zero attached hydrogens (tertiary/aromatic N) is 4. The Labute approximate surface area is 289 Å². The minimum atomic E-state index is -1.31. The smallest absolute Gasteiger partial charge is 0.410 e. The molecule has 2 aromatic carbocycles. The summed E-state index contributed by atoms with van der Waals surface area (Å²) < 4.78 is 6.50. The lowest BCUT2D eigenvalue weighted by atomic mass is 10.0. The zero-order valence-corrected chi connectivity index (χ0v) is 28.7. The summed E-state index contributed by atoms with van der Waals surface area (Å²) in [5.74, 6) is 0.711. The molecule has 0 spiro atoms. The second-order valence-electron chi connectivity index (χ2n) is 11.7. The molecule has 0 radical (unpaired) electrons. The number of piperidine rings is 2. The van der Waals surface area contributed by atoms with E-state index >= 15 is 0 Å². The van der Waals surface area contributed by atoms with E-state index in [2.05, 4.69) is 53.8 Å². The Morgan fingerprint density at radius 2 is 1.79 bits per heavy atom. The van der Waals surface area contributed by atoms with Gasteiger partial charge in [0.25, 0.3) is 5.91 Å². The van der Waals surface area contributed by atoms with Gasteiger partial charge in [-0.05, 0) is 105 Å². The van der Waals surface area contributed by atoms with Crippen LogP contribution in [0.5, 0.6) is 5.75 Å². The van der Waals surface area contributed by atoms with E-state index in [0.29, 0.717) is 60.0 Å². The van der Waals surface area contributed by atoms with Crippen molar-refractivity contribution in [3.05, 3.63) is 68.4 Å². The normalized spacial score (nSPS) is 18.9. The van der Waals surface area contributed by atoms with Crippen LogP contribution in [0.2, 0.25) is 0 Å². The number of urea groups is 1. The van der Waals surface area contributed by atoms with Crippen LogP contribution < -0.4 is 5.32 Å². The summed E-state index contributed by atoms with van der Waals surface area (Å²) in [5, 5.41) is 22.6. The van der Waals surface area contributed by atoms with Crippen LogP contribution in [0, 0.1) is 0 Å². The Kier molecular flexibility index (Phi) is 11.4. The lowest BCUT2D eigenvalue weighted by Gasteiger charge is -2.37. The molecule has 0 aliphatic carbocycles. The number of aliphatic imine (C=N–C) groups is 1. The standard InChI is InChI=1S/C33H35Br2N5O7/c34-24-18-21(19-25(35)29(24)41)20-28(30(42)36-12-5-14-38-13-4-3-8-27(38)31(43)44)47-33(46)39-15-10-23(11-16-39)40-17-9-22-6-1-2-7-26(22)37-32(40)45/h1-2,6-7,14,18-19,23,27-28,41H,3-4,8-11,13,15-17,20H2,(H,37,45)(H,43,44)/t27-,28-/m1/s1. The van der Waals surface area contributed by atoms with Gasteiger partial charge in [0, 0.05) is 50.2 Å². The average Bonchev–Trinajstić information content (AvgIpc) is 3.23. The van der Waals surface area contributed by atoms with E-state index < -0.39 is 30.1 Å². The molecule has 0 bridgehead atoms. The van der Waals surface area contributed by atoms with E-state index in [1.807, 2.05) is 29.2 Å². The highest BCUT2D eigenvalue weighted by molar-refractivity contribution is 9.11. The number of ether oxygens (including phenoxy) is 1. The van der Waals surface area contributed by atoms with Gasteiger partial charge in [0.1, 0.15) is 11.8 Å². The number of phenolic OH excluding ortho intramolecular Hbond substituents is 1. The van der Waals surface area contributed by atoms with Crippen LogP contribution in [0.15, 0.2) is 62.3 Å². The molecular weight excluding hydrogens is 738 g/mol. The maximum absolute atomic E-state index is 13.3. The van der Waals surface area contributed by atoms with Gasteiger partial charge in [0.05, 0.1) is 15.1 Å². The number of hydrogen-bond donors (Lipinski definition) is 3. The molecule has 2 fully saturated rings. The number of halogens is 2. The fourth-order valence-electron chi connectivity index (χ4n) is 6.07. The highest BCUT2D eigenvalue weighted by Crippen LogP contribution is 2.34. The molecule has 0 unspecified atom stereocenters. The molecule has 14 heteroatoms. The molecule has 0 aromatic heterocycles. The minimum Gasteiger partial charge on any atom is -0.506 e. The number of fused-ring (bicyclic) bond motifs is 1. The molecule has 3 aliphatic rings. The van der Waals surface area contributed by atoms with E-state index in [-0.39, 0.29) is 24.2 Å². The van der Waals surface area contributed by atoms with Gasteiger partial charge in [0.15, 0.2) is 6.10 Å². The molecule has 47 heavy (non-hydrogen) atoms. The number of carbonyl (C=O) groups excluding carboxylic acids is 3. The lowest BCUT2D eigenvalue weighted by Crippen LogP contribution is -2.50. The van der Waals surface area contributed by atoms with Gasteiger partial charge in [-0.3, -0.25) is 4.79 Å². The van der Waals surface area contributed by atoms with E-state index in [1.165, 1.54) is 11.1 Å². The molecule has 3 N–H and O–H groups in total. The van der Waals surface area contributed by atoms with Gasteiger partial charge in [-0.25, -0.2) is 14.4 Å². The zero-order valence-electron chi connectivity index (χ0n) is 25.5. The van der Waals surface area contributed by atoms with Gasteiger partial charge >= 0.3 is 18.1 Å². The van der Waals surface area contributed by atoms with Crippen molar-refractivity contribution in [1.29, 1.82) is 0 Å². The highest BCUT2D eigenvalue weighted by Gasteiger charge is 2.34. The Morgan fingerprint density at radius 1 is 1.06 bits per heavy atom. The number of para-hydroxylation sites is 1. The fraction of sp³-hybridized carbons (Fsp3) is 0.424. The molecule has 3 heterocycles. The van der Waals surface area contributed by atoms with Gasteiger partial charge < -0.3 is 35.0 Å². The maximum atomic E-state index is 13.3. The van der Waals surface area contributed by atoms with Crippen molar-refractivity contribution < 1.29 is 34.1 Å². The predicted molar refractivity (Wildman–Crippen MR) is 180 cm³/mol. The molecule has 2 atom stereocenters. The number of carboxylic acids is 1.